The Morgan fingerprint density at radius 1 is 1.12 bits per heavy atom. The average molecular weight is 370 g/mol. The summed E-state index contributed by atoms with van der Waals surface area (Å²) in [7, 11) is 4.45. The number of carbonyl (C=O) groups is 2. The molecule has 0 aliphatic heterocycles. The van der Waals surface area contributed by atoms with Crippen molar-refractivity contribution in [3.05, 3.63) is 34.9 Å². The predicted molar refractivity (Wildman–Crippen MR) is 99.2 cm³/mol. The molecule has 2 rings (SSSR count). The van der Waals surface area contributed by atoms with E-state index in [1.54, 1.807) is 0 Å². The van der Waals surface area contributed by atoms with Gasteiger partial charge in [-0.05, 0) is 57.0 Å². The fourth-order valence-electron chi connectivity index (χ4n) is 3.53. The zero-order valence-electron chi connectivity index (χ0n) is 15.3. The molecule has 1 atom stereocenters. The summed E-state index contributed by atoms with van der Waals surface area (Å²) in [5, 5.41) is 15.6. The molecular formula is C19H28ClNO4. The SMILES string of the molecule is CC(C)CC(N(C)C)C1(c2ccc(Cl)cc2)CCC1.O=C(O)C(=O)O. The lowest BCUT2D eigenvalue weighted by Crippen LogP contribution is -2.52. The molecule has 1 aromatic rings. The fourth-order valence-corrected chi connectivity index (χ4v) is 3.66. The van der Waals surface area contributed by atoms with E-state index >= 15 is 0 Å². The van der Waals surface area contributed by atoms with Gasteiger partial charge < -0.3 is 15.1 Å². The number of carboxylic acid groups (broad SMARTS) is 2. The molecule has 0 aromatic heterocycles. The quantitative estimate of drug-likeness (QED) is 0.770. The van der Waals surface area contributed by atoms with Gasteiger partial charge in [0.05, 0.1) is 0 Å². The van der Waals surface area contributed by atoms with Crippen LogP contribution in [0.2, 0.25) is 5.02 Å². The van der Waals surface area contributed by atoms with E-state index in [9.17, 15) is 0 Å². The van der Waals surface area contributed by atoms with Gasteiger partial charge in [0, 0.05) is 16.5 Å². The van der Waals surface area contributed by atoms with Crippen LogP contribution in [0.15, 0.2) is 24.3 Å². The molecule has 2 N–H and O–H groups in total. The third-order valence-electron chi connectivity index (χ3n) is 4.80. The Balaban J connectivity index is 0.000000450. The Labute approximate surface area is 154 Å². The highest BCUT2D eigenvalue weighted by atomic mass is 35.5. The zero-order valence-corrected chi connectivity index (χ0v) is 16.1. The maximum absolute atomic E-state index is 9.10. The van der Waals surface area contributed by atoms with Crippen LogP contribution in [0.25, 0.3) is 0 Å². The third kappa shape index (κ3) is 5.72. The normalized spacial score (nSPS) is 16.6. The van der Waals surface area contributed by atoms with E-state index in [2.05, 4.69) is 45.0 Å². The highest BCUT2D eigenvalue weighted by Crippen LogP contribution is 2.49. The first kappa shape index (κ1) is 21.5. The standard InChI is InChI=1S/C17H26ClN.C2H2O4/c1-13(2)12-16(19(3)4)17(10-5-11-17)14-6-8-15(18)9-7-14;3-1(4)2(5)6/h6-9,13,16H,5,10-12H2,1-4H3;(H,3,4)(H,5,6). The molecule has 0 spiro atoms. The average Bonchev–Trinajstić information content (AvgIpc) is 2.47. The van der Waals surface area contributed by atoms with Gasteiger partial charge in [-0.3, -0.25) is 0 Å². The molecule has 140 valence electrons. The summed E-state index contributed by atoms with van der Waals surface area (Å²) in [6, 6.07) is 9.18. The van der Waals surface area contributed by atoms with Crippen LogP contribution in [0.3, 0.4) is 0 Å². The lowest BCUT2D eigenvalue weighted by atomic mass is 9.58. The lowest BCUT2D eigenvalue weighted by molar-refractivity contribution is -0.159. The van der Waals surface area contributed by atoms with Crippen LogP contribution in [0, 0.1) is 5.92 Å². The Hall–Kier alpha value is -1.59. The van der Waals surface area contributed by atoms with E-state index in [0.29, 0.717) is 11.5 Å². The Morgan fingerprint density at radius 3 is 1.88 bits per heavy atom. The number of rotatable bonds is 5. The molecule has 1 aromatic carbocycles. The molecule has 0 heterocycles. The van der Waals surface area contributed by atoms with Gasteiger partial charge in [-0.1, -0.05) is 44.0 Å². The molecule has 6 heteroatoms. The van der Waals surface area contributed by atoms with Gasteiger partial charge in [0.1, 0.15) is 0 Å². The van der Waals surface area contributed by atoms with Crippen molar-refractivity contribution in [3.8, 4) is 0 Å². The van der Waals surface area contributed by atoms with E-state index < -0.39 is 11.9 Å². The van der Waals surface area contributed by atoms with Crippen molar-refractivity contribution in [1.82, 2.24) is 4.90 Å². The molecule has 0 bridgehead atoms. The molecule has 1 aliphatic rings. The van der Waals surface area contributed by atoms with Crippen molar-refractivity contribution >= 4 is 23.5 Å². The second-order valence-corrected chi connectivity index (χ2v) is 7.67. The lowest BCUT2D eigenvalue weighted by Gasteiger charge is -2.51. The Kier molecular flexibility index (Phi) is 7.90. The number of nitrogens with zero attached hydrogens (tertiary/aromatic N) is 1. The monoisotopic (exact) mass is 369 g/mol. The predicted octanol–water partition coefficient (Wildman–Crippen LogP) is 3.89. The molecule has 0 saturated heterocycles. The minimum absolute atomic E-state index is 0.346. The van der Waals surface area contributed by atoms with Crippen molar-refractivity contribution < 1.29 is 19.8 Å². The van der Waals surface area contributed by atoms with E-state index in [4.69, 9.17) is 31.4 Å². The van der Waals surface area contributed by atoms with Gasteiger partial charge in [-0.25, -0.2) is 9.59 Å². The van der Waals surface area contributed by atoms with E-state index in [1.165, 1.54) is 31.2 Å². The van der Waals surface area contributed by atoms with Gasteiger partial charge in [0.25, 0.3) is 0 Å². The number of benzene rings is 1. The van der Waals surface area contributed by atoms with Crippen LogP contribution in [-0.2, 0) is 15.0 Å². The number of hydrogen-bond acceptors (Lipinski definition) is 3. The first-order valence-electron chi connectivity index (χ1n) is 8.49. The van der Waals surface area contributed by atoms with Gasteiger partial charge in [0.15, 0.2) is 0 Å². The van der Waals surface area contributed by atoms with Crippen LogP contribution in [-0.4, -0.2) is 47.2 Å². The molecule has 1 saturated carbocycles. The van der Waals surface area contributed by atoms with Crippen molar-refractivity contribution in [2.45, 2.75) is 51.0 Å². The maximum atomic E-state index is 9.10. The van der Waals surface area contributed by atoms with Crippen LogP contribution in [0.4, 0.5) is 0 Å². The molecule has 25 heavy (non-hydrogen) atoms. The third-order valence-corrected chi connectivity index (χ3v) is 5.06. The number of halogens is 1. The largest absolute Gasteiger partial charge is 0.473 e. The van der Waals surface area contributed by atoms with Crippen LogP contribution in [0.1, 0.15) is 45.1 Å². The number of hydrogen-bond donors (Lipinski definition) is 2. The zero-order chi connectivity index (χ0) is 19.2. The van der Waals surface area contributed by atoms with Crippen LogP contribution >= 0.6 is 11.6 Å². The molecule has 1 aliphatic carbocycles. The van der Waals surface area contributed by atoms with Crippen molar-refractivity contribution in [2.75, 3.05) is 14.1 Å². The Morgan fingerprint density at radius 2 is 1.60 bits per heavy atom. The molecule has 1 fully saturated rings. The molecule has 0 radical (unpaired) electrons. The number of aliphatic carboxylic acids is 2. The second kappa shape index (κ2) is 9.20. The summed E-state index contributed by atoms with van der Waals surface area (Å²) in [6.45, 7) is 4.65. The smallest absolute Gasteiger partial charge is 0.414 e. The van der Waals surface area contributed by atoms with Crippen LogP contribution < -0.4 is 0 Å². The van der Waals surface area contributed by atoms with E-state index in [-0.39, 0.29) is 0 Å². The number of likely N-dealkylation sites (N-methyl/N-ethyl adjacent to an activating group) is 1. The van der Waals surface area contributed by atoms with Gasteiger partial charge >= 0.3 is 11.9 Å². The fraction of sp³-hybridized carbons (Fsp3) is 0.579. The maximum Gasteiger partial charge on any atom is 0.414 e. The Bertz CT molecular complexity index is 568. The summed E-state index contributed by atoms with van der Waals surface area (Å²) in [5.41, 5.74) is 1.82. The first-order valence-corrected chi connectivity index (χ1v) is 8.86. The summed E-state index contributed by atoms with van der Waals surface area (Å²) < 4.78 is 0. The molecular weight excluding hydrogens is 342 g/mol. The topological polar surface area (TPSA) is 77.8 Å². The molecule has 0 amide bonds. The highest BCUT2D eigenvalue weighted by molar-refractivity contribution is 6.30. The minimum Gasteiger partial charge on any atom is -0.473 e. The molecule has 1 unspecified atom stereocenters. The van der Waals surface area contributed by atoms with Gasteiger partial charge in [0.2, 0.25) is 0 Å². The highest BCUT2D eigenvalue weighted by Gasteiger charge is 2.46. The van der Waals surface area contributed by atoms with Crippen molar-refractivity contribution in [2.24, 2.45) is 5.92 Å². The van der Waals surface area contributed by atoms with Crippen molar-refractivity contribution in [3.63, 3.8) is 0 Å². The van der Waals surface area contributed by atoms with Gasteiger partial charge in [-0.2, -0.15) is 0 Å². The molecule has 5 nitrogen and oxygen atoms in total. The van der Waals surface area contributed by atoms with E-state index in [0.717, 1.165) is 10.9 Å². The van der Waals surface area contributed by atoms with E-state index in [1.807, 2.05) is 12.1 Å². The van der Waals surface area contributed by atoms with Crippen LogP contribution in [0.5, 0.6) is 0 Å². The first-order chi connectivity index (χ1) is 11.6. The van der Waals surface area contributed by atoms with Crippen molar-refractivity contribution in [1.29, 1.82) is 0 Å². The minimum atomic E-state index is -1.82. The van der Waals surface area contributed by atoms with Gasteiger partial charge in [-0.15, -0.1) is 0 Å². The number of carboxylic acids is 2. The summed E-state index contributed by atoms with van der Waals surface area (Å²) >= 11 is 6.04. The second-order valence-electron chi connectivity index (χ2n) is 7.24. The summed E-state index contributed by atoms with van der Waals surface area (Å²) in [6.07, 6.45) is 5.23. The summed E-state index contributed by atoms with van der Waals surface area (Å²) in [5.74, 6) is -2.91. The summed E-state index contributed by atoms with van der Waals surface area (Å²) in [4.78, 5) is 20.6.